The van der Waals surface area contributed by atoms with Crippen molar-refractivity contribution in [2.24, 2.45) is 5.73 Å². The first-order valence-electron chi connectivity index (χ1n) is 6.95. The molecular formula is C15H23BrN2. The van der Waals surface area contributed by atoms with Crippen molar-refractivity contribution in [2.75, 3.05) is 11.4 Å². The van der Waals surface area contributed by atoms with Crippen LogP contribution in [0.4, 0.5) is 5.69 Å². The first kappa shape index (κ1) is 13.9. The molecule has 1 aliphatic heterocycles. The van der Waals surface area contributed by atoms with E-state index in [1.54, 1.807) is 0 Å². The minimum Gasteiger partial charge on any atom is -0.369 e. The molecule has 0 amide bonds. The van der Waals surface area contributed by atoms with E-state index in [1.165, 1.54) is 43.5 Å². The number of benzene rings is 1. The number of anilines is 1. The lowest BCUT2D eigenvalue weighted by atomic mass is 9.98. The molecule has 1 unspecified atom stereocenters. The maximum absolute atomic E-state index is 5.95. The van der Waals surface area contributed by atoms with Gasteiger partial charge in [0.05, 0.1) is 0 Å². The highest BCUT2D eigenvalue weighted by atomic mass is 79.9. The Balaban J connectivity index is 2.24. The van der Waals surface area contributed by atoms with E-state index in [9.17, 15) is 0 Å². The molecule has 2 N–H and O–H groups in total. The third-order valence-electron chi connectivity index (χ3n) is 3.90. The highest BCUT2D eigenvalue weighted by Crippen LogP contribution is 2.31. The summed E-state index contributed by atoms with van der Waals surface area (Å²) in [6.45, 7) is 5.49. The molecule has 1 aromatic carbocycles. The van der Waals surface area contributed by atoms with E-state index >= 15 is 0 Å². The molecule has 0 saturated carbocycles. The molecule has 2 rings (SSSR count). The molecule has 1 aromatic rings. The quantitative estimate of drug-likeness (QED) is 0.905. The molecule has 2 atom stereocenters. The summed E-state index contributed by atoms with van der Waals surface area (Å²) in [5, 5.41) is 0. The van der Waals surface area contributed by atoms with Crippen LogP contribution >= 0.6 is 15.9 Å². The van der Waals surface area contributed by atoms with Gasteiger partial charge in [0.2, 0.25) is 0 Å². The minimum absolute atomic E-state index is 0.0803. The standard InChI is InChI=1S/C15H23BrN2/c1-3-12-6-4-5-9-18(12)13-7-8-14(11(2)17)15(16)10-13/h7-8,10-12H,3-6,9,17H2,1-2H3/t11-,12?/m0/s1. The molecule has 1 fully saturated rings. The highest BCUT2D eigenvalue weighted by molar-refractivity contribution is 9.10. The fourth-order valence-corrected chi connectivity index (χ4v) is 3.56. The van der Waals surface area contributed by atoms with Gasteiger partial charge in [-0.2, -0.15) is 0 Å². The Morgan fingerprint density at radius 2 is 2.22 bits per heavy atom. The summed E-state index contributed by atoms with van der Waals surface area (Å²) in [7, 11) is 0. The SMILES string of the molecule is CCC1CCCCN1c1ccc([C@H](C)N)c(Br)c1. The fourth-order valence-electron chi connectivity index (χ4n) is 2.83. The van der Waals surface area contributed by atoms with Crippen molar-refractivity contribution in [1.29, 1.82) is 0 Å². The van der Waals surface area contributed by atoms with E-state index in [4.69, 9.17) is 5.73 Å². The minimum atomic E-state index is 0.0803. The third-order valence-corrected chi connectivity index (χ3v) is 4.59. The van der Waals surface area contributed by atoms with Crippen LogP contribution in [-0.4, -0.2) is 12.6 Å². The molecule has 1 saturated heterocycles. The monoisotopic (exact) mass is 310 g/mol. The van der Waals surface area contributed by atoms with Crippen molar-refractivity contribution in [1.82, 2.24) is 0 Å². The largest absolute Gasteiger partial charge is 0.369 e. The van der Waals surface area contributed by atoms with Crippen molar-refractivity contribution in [3.8, 4) is 0 Å². The molecular weight excluding hydrogens is 288 g/mol. The first-order chi connectivity index (χ1) is 8.63. The summed E-state index contributed by atoms with van der Waals surface area (Å²) in [5.41, 5.74) is 8.47. The van der Waals surface area contributed by atoms with E-state index in [-0.39, 0.29) is 6.04 Å². The Labute approximate surface area is 119 Å². The third kappa shape index (κ3) is 2.89. The summed E-state index contributed by atoms with van der Waals surface area (Å²) < 4.78 is 1.13. The number of hydrogen-bond donors (Lipinski definition) is 1. The lowest BCUT2D eigenvalue weighted by Crippen LogP contribution is -2.39. The van der Waals surface area contributed by atoms with Crippen LogP contribution in [0.2, 0.25) is 0 Å². The Bertz CT molecular complexity index is 403. The summed E-state index contributed by atoms with van der Waals surface area (Å²) in [6, 6.07) is 7.39. The van der Waals surface area contributed by atoms with E-state index in [2.05, 4.69) is 46.0 Å². The molecule has 1 aliphatic rings. The number of rotatable bonds is 3. The smallest absolute Gasteiger partial charge is 0.0380 e. The van der Waals surface area contributed by atoms with Crippen LogP contribution in [0, 0.1) is 0 Å². The van der Waals surface area contributed by atoms with Crippen molar-refractivity contribution in [3.63, 3.8) is 0 Å². The van der Waals surface area contributed by atoms with E-state index in [0.717, 1.165) is 4.47 Å². The van der Waals surface area contributed by atoms with Gasteiger partial charge in [-0.25, -0.2) is 0 Å². The second-order valence-electron chi connectivity index (χ2n) is 5.25. The average Bonchev–Trinajstić information content (AvgIpc) is 2.38. The van der Waals surface area contributed by atoms with Crippen LogP contribution in [0.1, 0.15) is 51.1 Å². The van der Waals surface area contributed by atoms with Crippen molar-refractivity contribution < 1.29 is 0 Å². The molecule has 18 heavy (non-hydrogen) atoms. The topological polar surface area (TPSA) is 29.3 Å². The zero-order chi connectivity index (χ0) is 13.1. The van der Waals surface area contributed by atoms with Crippen LogP contribution in [0.3, 0.4) is 0 Å². The fraction of sp³-hybridized carbons (Fsp3) is 0.600. The van der Waals surface area contributed by atoms with Crippen LogP contribution in [0.25, 0.3) is 0 Å². The summed E-state index contributed by atoms with van der Waals surface area (Å²) in [4.78, 5) is 2.55. The highest BCUT2D eigenvalue weighted by Gasteiger charge is 2.21. The summed E-state index contributed by atoms with van der Waals surface area (Å²) >= 11 is 3.65. The van der Waals surface area contributed by atoms with E-state index < -0.39 is 0 Å². The maximum atomic E-state index is 5.95. The molecule has 0 aromatic heterocycles. The molecule has 0 radical (unpaired) electrons. The lowest BCUT2D eigenvalue weighted by molar-refractivity contribution is 0.450. The summed E-state index contributed by atoms with van der Waals surface area (Å²) in [6.07, 6.45) is 5.23. The number of nitrogens with zero attached hydrogens (tertiary/aromatic N) is 1. The molecule has 3 heteroatoms. The number of piperidine rings is 1. The van der Waals surface area contributed by atoms with Gasteiger partial charge in [-0.1, -0.05) is 28.9 Å². The second kappa shape index (κ2) is 6.07. The Kier molecular flexibility index (Phi) is 4.68. The van der Waals surface area contributed by atoms with E-state index in [0.29, 0.717) is 6.04 Å². The second-order valence-corrected chi connectivity index (χ2v) is 6.10. The number of nitrogens with two attached hydrogens (primary N) is 1. The van der Waals surface area contributed by atoms with Gasteiger partial charge in [0.1, 0.15) is 0 Å². The molecule has 100 valence electrons. The molecule has 2 nitrogen and oxygen atoms in total. The van der Waals surface area contributed by atoms with Crippen LogP contribution in [-0.2, 0) is 0 Å². The van der Waals surface area contributed by atoms with Crippen LogP contribution < -0.4 is 10.6 Å². The van der Waals surface area contributed by atoms with Gasteiger partial charge >= 0.3 is 0 Å². The first-order valence-corrected chi connectivity index (χ1v) is 7.74. The Morgan fingerprint density at radius 3 is 2.83 bits per heavy atom. The zero-order valence-corrected chi connectivity index (χ0v) is 12.9. The van der Waals surface area contributed by atoms with Crippen molar-refractivity contribution in [3.05, 3.63) is 28.2 Å². The van der Waals surface area contributed by atoms with Gasteiger partial charge in [-0.05, 0) is 50.3 Å². The molecule has 0 bridgehead atoms. The van der Waals surface area contributed by atoms with Gasteiger partial charge in [0, 0.05) is 28.8 Å². The number of hydrogen-bond acceptors (Lipinski definition) is 2. The average molecular weight is 311 g/mol. The zero-order valence-electron chi connectivity index (χ0n) is 11.3. The molecule has 0 spiro atoms. The predicted octanol–water partition coefficient (Wildman–Crippen LogP) is 4.24. The van der Waals surface area contributed by atoms with Gasteiger partial charge in [-0.3, -0.25) is 0 Å². The predicted molar refractivity (Wildman–Crippen MR) is 82.0 cm³/mol. The number of halogens is 1. The van der Waals surface area contributed by atoms with Gasteiger partial charge < -0.3 is 10.6 Å². The lowest BCUT2D eigenvalue weighted by Gasteiger charge is -2.37. The van der Waals surface area contributed by atoms with Gasteiger partial charge in [-0.15, -0.1) is 0 Å². The Hall–Kier alpha value is -0.540. The normalized spacial score (nSPS) is 22.0. The van der Waals surface area contributed by atoms with Gasteiger partial charge in [0.15, 0.2) is 0 Å². The van der Waals surface area contributed by atoms with E-state index in [1.807, 2.05) is 6.92 Å². The van der Waals surface area contributed by atoms with Gasteiger partial charge in [0.25, 0.3) is 0 Å². The van der Waals surface area contributed by atoms with Crippen LogP contribution in [0.15, 0.2) is 22.7 Å². The molecule has 0 aliphatic carbocycles. The molecule has 1 heterocycles. The Morgan fingerprint density at radius 1 is 1.44 bits per heavy atom. The van der Waals surface area contributed by atoms with Crippen molar-refractivity contribution >= 4 is 21.6 Å². The van der Waals surface area contributed by atoms with Crippen molar-refractivity contribution in [2.45, 2.75) is 51.6 Å². The summed E-state index contributed by atoms with van der Waals surface area (Å²) in [5.74, 6) is 0. The maximum Gasteiger partial charge on any atom is 0.0380 e. The van der Waals surface area contributed by atoms with Crippen LogP contribution in [0.5, 0.6) is 0 Å².